The Hall–Kier alpha value is -1.61. The van der Waals surface area contributed by atoms with E-state index >= 15 is 0 Å². The van der Waals surface area contributed by atoms with Gasteiger partial charge in [-0.2, -0.15) is 0 Å². The predicted octanol–water partition coefficient (Wildman–Crippen LogP) is 1.83. The van der Waals surface area contributed by atoms with Crippen molar-refractivity contribution >= 4 is 0 Å². The summed E-state index contributed by atoms with van der Waals surface area (Å²) in [7, 11) is 0. The maximum absolute atomic E-state index is 4.29. The highest BCUT2D eigenvalue weighted by Gasteiger charge is 2.13. The molecule has 3 rings (SSSR count). The van der Waals surface area contributed by atoms with E-state index in [-0.39, 0.29) is 0 Å². The highest BCUT2D eigenvalue weighted by Crippen LogP contribution is 2.22. The summed E-state index contributed by atoms with van der Waals surface area (Å²) in [5.74, 6) is 1.05. The summed E-state index contributed by atoms with van der Waals surface area (Å²) in [4.78, 5) is 4.29. The molecule has 2 aromatic rings. The van der Waals surface area contributed by atoms with E-state index in [1.807, 2.05) is 19.3 Å². The van der Waals surface area contributed by atoms with Crippen molar-refractivity contribution in [2.24, 2.45) is 0 Å². The first kappa shape index (κ1) is 9.60. The molecule has 1 N–H and O–H groups in total. The van der Waals surface area contributed by atoms with Gasteiger partial charge in [0.1, 0.15) is 5.82 Å². The molecular weight excluding hydrogens is 198 g/mol. The first-order valence-corrected chi connectivity index (χ1v) is 5.68. The van der Waals surface area contributed by atoms with Crippen LogP contribution in [0.3, 0.4) is 0 Å². The lowest BCUT2D eigenvalue weighted by molar-refractivity contribution is 0.640. The van der Waals surface area contributed by atoms with Gasteiger partial charge in [-0.05, 0) is 37.1 Å². The van der Waals surface area contributed by atoms with Crippen LogP contribution in [0, 0.1) is 6.92 Å². The van der Waals surface area contributed by atoms with Gasteiger partial charge in [-0.3, -0.25) is 0 Å². The molecule has 0 fully saturated rings. The molecule has 0 spiro atoms. The number of benzene rings is 1. The van der Waals surface area contributed by atoms with Gasteiger partial charge in [0.25, 0.3) is 0 Å². The van der Waals surface area contributed by atoms with Crippen LogP contribution >= 0.6 is 0 Å². The second-order valence-corrected chi connectivity index (χ2v) is 4.19. The molecule has 0 unspecified atom stereocenters. The lowest BCUT2D eigenvalue weighted by Crippen LogP contribution is -2.24. The van der Waals surface area contributed by atoms with Crippen LogP contribution in [0.15, 0.2) is 30.6 Å². The van der Waals surface area contributed by atoms with Gasteiger partial charge in [0.15, 0.2) is 0 Å². The summed E-state index contributed by atoms with van der Waals surface area (Å²) in [6.07, 6.45) is 4.99. The van der Waals surface area contributed by atoms with E-state index in [9.17, 15) is 0 Å². The smallest absolute Gasteiger partial charge is 0.110 e. The molecule has 82 valence electrons. The molecule has 0 saturated heterocycles. The van der Waals surface area contributed by atoms with E-state index in [2.05, 4.69) is 33.1 Å². The van der Waals surface area contributed by atoms with Gasteiger partial charge < -0.3 is 9.88 Å². The number of hydrogen-bond donors (Lipinski definition) is 1. The van der Waals surface area contributed by atoms with Crippen LogP contribution in [0.2, 0.25) is 0 Å². The normalized spacial score (nSPS) is 14.8. The second-order valence-electron chi connectivity index (χ2n) is 4.19. The molecule has 0 bridgehead atoms. The summed E-state index contributed by atoms with van der Waals surface area (Å²) < 4.78 is 2.17. The lowest BCUT2D eigenvalue weighted by Gasteiger charge is -2.21. The minimum absolute atomic E-state index is 0.983. The average molecular weight is 213 g/mol. The molecule has 1 aliphatic rings. The van der Waals surface area contributed by atoms with Crippen molar-refractivity contribution in [2.75, 3.05) is 6.54 Å². The third-order valence-electron chi connectivity index (χ3n) is 3.20. The molecule has 0 aliphatic carbocycles. The van der Waals surface area contributed by atoms with Crippen LogP contribution in [0.25, 0.3) is 5.69 Å². The number of rotatable bonds is 1. The van der Waals surface area contributed by atoms with E-state index < -0.39 is 0 Å². The van der Waals surface area contributed by atoms with Crippen molar-refractivity contribution in [1.82, 2.24) is 14.9 Å². The molecular formula is C13H15N3. The van der Waals surface area contributed by atoms with E-state index in [0.717, 1.165) is 25.3 Å². The van der Waals surface area contributed by atoms with Crippen LogP contribution in [-0.2, 0) is 13.0 Å². The quantitative estimate of drug-likeness (QED) is 0.783. The highest BCUT2D eigenvalue weighted by atomic mass is 15.1. The van der Waals surface area contributed by atoms with Gasteiger partial charge in [-0.1, -0.05) is 12.1 Å². The monoisotopic (exact) mass is 213 g/mol. The number of imidazole rings is 1. The number of aromatic nitrogens is 2. The van der Waals surface area contributed by atoms with E-state index in [1.165, 1.54) is 16.8 Å². The Labute approximate surface area is 95.1 Å². The van der Waals surface area contributed by atoms with Crippen LogP contribution in [0.5, 0.6) is 0 Å². The number of hydrogen-bond acceptors (Lipinski definition) is 2. The Kier molecular flexibility index (Phi) is 2.26. The zero-order chi connectivity index (χ0) is 11.0. The topological polar surface area (TPSA) is 29.9 Å². The van der Waals surface area contributed by atoms with Crippen molar-refractivity contribution < 1.29 is 0 Å². The van der Waals surface area contributed by atoms with Crippen LogP contribution < -0.4 is 5.32 Å². The summed E-state index contributed by atoms with van der Waals surface area (Å²) >= 11 is 0. The van der Waals surface area contributed by atoms with Gasteiger partial charge in [0.2, 0.25) is 0 Å². The Morgan fingerprint density at radius 1 is 1.38 bits per heavy atom. The van der Waals surface area contributed by atoms with Crippen LogP contribution in [0.4, 0.5) is 0 Å². The average Bonchev–Trinajstić information content (AvgIpc) is 2.75. The van der Waals surface area contributed by atoms with Gasteiger partial charge in [0, 0.05) is 18.9 Å². The fourth-order valence-electron chi connectivity index (χ4n) is 2.37. The van der Waals surface area contributed by atoms with E-state index in [4.69, 9.17) is 0 Å². The Morgan fingerprint density at radius 2 is 2.31 bits per heavy atom. The first-order chi connectivity index (χ1) is 7.86. The number of nitrogens with zero attached hydrogens (tertiary/aromatic N) is 2. The first-order valence-electron chi connectivity index (χ1n) is 5.68. The SMILES string of the molecule is Cc1nccn1-c1cccc2c1CCNC2. The molecule has 16 heavy (non-hydrogen) atoms. The molecule has 3 nitrogen and oxygen atoms in total. The maximum atomic E-state index is 4.29. The molecule has 0 saturated carbocycles. The lowest BCUT2D eigenvalue weighted by atomic mass is 9.99. The van der Waals surface area contributed by atoms with Crippen molar-refractivity contribution in [3.63, 3.8) is 0 Å². The van der Waals surface area contributed by atoms with E-state index in [1.54, 1.807) is 0 Å². The second kappa shape index (κ2) is 3.76. The van der Waals surface area contributed by atoms with Gasteiger partial charge in [-0.25, -0.2) is 4.98 Å². The standard InChI is InChI=1S/C13H15N3/c1-10-15-7-8-16(10)13-4-2-3-11-9-14-6-5-12(11)13/h2-4,7-8,14H,5-6,9H2,1H3. The van der Waals surface area contributed by atoms with Crippen LogP contribution in [-0.4, -0.2) is 16.1 Å². The molecule has 2 heterocycles. The summed E-state index contributed by atoms with van der Waals surface area (Å²) in [5, 5.41) is 3.40. The molecule has 0 radical (unpaired) electrons. The minimum Gasteiger partial charge on any atom is -0.312 e. The fraction of sp³-hybridized carbons (Fsp3) is 0.308. The molecule has 1 aromatic heterocycles. The zero-order valence-electron chi connectivity index (χ0n) is 9.40. The zero-order valence-corrected chi connectivity index (χ0v) is 9.40. The summed E-state index contributed by atoms with van der Waals surface area (Å²) in [6.45, 7) is 4.09. The van der Waals surface area contributed by atoms with E-state index in [0.29, 0.717) is 0 Å². The predicted molar refractivity (Wildman–Crippen MR) is 63.7 cm³/mol. The van der Waals surface area contributed by atoms with Crippen molar-refractivity contribution in [3.05, 3.63) is 47.5 Å². The van der Waals surface area contributed by atoms with Crippen LogP contribution in [0.1, 0.15) is 17.0 Å². The number of fused-ring (bicyclic) bond motifs is 1. The summed E-state index contributed by atoms with van der Waals surface area (Å²) in [6, 6.07) is 6.51. The third kappa shape index (κ3) is 1.44. The van der Waals surface area contributed by atoms with Gasteiger partial charge in [0.05, 0.1) is 5.69 Å². The largest absolute Gasteiger partial charge is 0.312 e. The molecule has 0 amide bonds. The number of nitrogens with one attached hydrogen (secondary N) is 1. The van der Waals surface area contributed by atoms with Crippen molar-refractivity contribution in [1.29, 1.82) is 0 Å². The Bertz CT molecular complexity index is 514. The summed E-state index contributed by atoms with van der Waals surface area (Å²) in [5.41, 5.74) is 4.16. The molecule has 0 atom stereocenters. The van der Waals surface area contributed by atoms with Gasteiger partial charge >= 0.3 is 0 Å². The minimum atomic E-state index is 0.983. The van der Waals surface area contributed by atoms with Crippen molar-refractivity contribution in [3.8, 4) is 5.69 Å². The Balaban J connectivity index is 2.18. The Morgan fingerprint density at radius 3 is 3.12 bits per heavy atom. The molecule has 3 heteroatoms. The van der Waals surface area contributed by atoms with Crippen molar-refractivity contribution in [2.45, 2.75) is 19.9 Å². The number of aryl methyl sites for hydroxylation is 1. The highest BCUT2D eigenvalue weighted by molar-refractivity contribution is 5.48. The van der Waals surface area contributed by atoms with Gasteiger partial charge in [-0.15, -0.1) is 0 Å². The maximum Gasteiger partial charge on any atom is 0.110 e. The third-order valence-corrected chi connectivity index (χ3v) is 3.20. The molecule has 1 aromatic carbocycles. The fourth-order valence-corrected chi connectivity index (χ4v) is 2.37. The molecule has 1 aliphatic heterocycles.